The van der Waals surface area contributed by atoms with Crippen LogP contribution in [0.4, 0.5) is 0 Å². The van der Waals surface area contributed by atoms with Crippen LogP contribution < -0.4 is 0 Å². The Morgan fingerprint density at radius 3 is 2.36 bits per heavy atom. The van der Waals surface area contributed by atoms with Crippen molar-refractivity contribution in [3.05, 3.63) is 19.1 Å². The number of halogens is 2. The Bertz CT molecular complexity index is 115. The molecule has 0 spiro atoms. The first-order chi connectivity index (χ1) is 5.18. The first kappa shape index (κ1) is 14.1. The second kappa shape index (κ2) is 13.1. The summed E-state index contributed by atoms with van der Waals surface area (Å²) >= 11 is -0.106. The Hall–Kier alpha value is 0.522. The summed E-state index contributed by atoms with van der Waals surface area (Å²) in [6.45, 7) is 5.25. The Balaban J connectivity index is 0. The quantitative estimate of drug-likeness (QED) is 0.443. The van der Waals surface area contributed by atoms with Crippen LogP contribution in [0.25, 0.3) is 0 Å². The number of hydrogen-bond acceptors (Lipinski definition) is 1. The molecule has 0 N–H and O–H groups in total. The average Bonchev–Trinajstić information content (AvgIpc) is 1.89. The van der Waals surface area contributed by atoms with E-state index in [1.165, 1.54) is 6.08 Å². The Morgan fingerprint density at radius 1 is 1.64 bits per heavy atom. The van der Waals surface area contributed by atoms with Gasteiger partial charge in [-0.25, -0.2) is 0 Å². The maximum absolute atomic E-state index is 10.1. The predicted octanol–water partition coefficient (Wildman–Crippen LogP) is 3.12. The van der Waals surface area contributed by atoms with Crippen molar-refractivity contribution in [3.8, 4) is 0 Å². The summed E-state index contributed by atoms with van der Waals surface area (Å²) in [5.74, 6) is -0.113. The number of hydrogen-bond donors (Lipinski definition) is 0. The molecule has 0 aliphatic heterocycles. The van der Waals surface area contributed by atoms with Gasteiger partial charge >= 0.3 is 35.0 Å². The molecular formula is C7H11Cl2OPd-. The number of ketones is 1. The fourth-order valence-electron chi connectivity index (χ4n) is 0.381. The van der Waals surface area contributed by atoms with Gasteiger partial charge in [0.15, 0.2) is 0 Å². The second-order valence-corrected chi connectivity index (χ2v) is 4.06. The molecule has 0 heterocycles. The minimum absolute atomic E-state index is 0.106. The van der Waals surface area contributed by atoms with E-state index in [1.54, 1.807) is 0 Å². The number of carbonyl (C=O) groups is 1. The van der Waals surface area contributed by atoms with E-state index in [4.69, 9.17) is 19.1 Å². The summed E-state index contributed by atoms with van der Waals surface area (Å²) in [5.41, 5.74) is 0. The van der Waals surface area contributed by atoms with E-state index in [0.717, 1.165) is 12.8 Å². The van der Waals surface area contributed by atoms with Crippen LogP contribution in [-0.2, 0) is 20.7 Å². The molecule has 4 heteroatoms. The maximum atomic E-state index is 10.1. The van der Waals surface area contributed by atoms with Crippen LogP contribution >= 0.6 is 19.1 Å². The number of allylic oxidation sites excluding steroid dienone is 2. The van der Waals surface area contributed by atoms with Gasteiger partial charge in [0.2, 0.25) is 0 Å². The van der Waals surface area contributed by atoms with Gasteiger partial charge < -0.3 is 4.79 Å². The molecule has 11 heavy (non-hydrogen) atoms. The third-order valence-electron chi connectivity index (χ3n) is 0.759. The molecule has 0 aliphatic carbocycles. The van der Waals surface area contributed by atoms with Crippen LogP contribution in [0.1, 0.15) is 19.8 Å². The second-order valence-electron chi connectivity index (χ2n) is 1.70. The van der Waals surface area contributed by atoms with E-state index < -0.39 is 0 Å². The Morgan fingerprint density at radius 2 is 2.09 bits per heavy atom. The van der Waals surface area contributed by atoms with Crippen molar-refractivity contribution in [2.75, 3.05) is 0 Å². The van der Waals surface area contributed by atoms with Crippen LogP contribution in [-0.4, -0.2) is 5.78 Å². The van der Waals surface area contributed by atoms with E-state index in [2.05, 4.69) is 13.8 Å². The van der Waals surface area contributed by atoms with Gasteiger partial charge in [0.25, 0.3) is 0 Å². The molecule has 0 aromatic carbocycles. The van der Waals surface area contributed by atoms with E-state index in [0.29, 0.717) is 0 Å². The third-order valence-corrected chi connectivity index (χ3v) is 0.759. The monoisotopic (exact) mass is 287 g/mol. The first-order valence-electron chi connectivity index (χ1n) is 3.03. The number of unbranched alkanes of at least 4 members (excludes halogenated alkanes) is 1. The van der Waals surface area contributed by atoms with Crippen molar-refractivity contribution in [1.82, 2.24) is 0 Å². The van der Waals surface area contributed by atoms with Crippen LogP contribution in [0.2, 0.25) is 0 Å². The molecular weight excluding hydrogens is 277 g/mol. The third kappa shape index (κ3) is 25.1. The fraction of sp³-hybridized carbons (Fsp3) is 0.429. The summed E-state index contributed by atoms with van der Waals surface area (Å²) in [6.07, 6.45) is 5.41. The van der Waals surface area contributed by atoms with Crippen molar-refractivity contribution >= 4 is 24.8 Å². The topological polar surface area (TPSA) is 17.1 Å². The molecule has 0 amide bonds. The zero-order valence-electron chi connectivity index (χ0n) is 6.26. The molecule has 0 rings (SSSR count). The van der Waals surface area contributed by atoms with Gasteiger partial charge in [0.05, 0.1) is 0 Å². The molecule has 0 saturated heterocycles. The zero-order valence-corrected chi connectivity index (χ0v) is 9.32. The van der Waals surface area contributed by atoms with Crippen LogP contribution in [0.5, 0.6) is 0 Å². The SMILES string of the molecule is [CH2-]C(=O)C=CCCC.[Cl][Pd][Cl]. The van der Waals surface area contributed by atoms with Crippen molar-refractivity contribution in [2.24, 2.45) is 0 Å². The molecule has 0 aromatic rings. The van der Waals surface area contributed by atoms with Crippen molar-refractivity contribution < 1.29 is 20.7 Å². The van der Waals surface area contributed by atoms with Crippen LogP contribution in [0.3, 0.4) is 0 Å². The normalized spacial score (nSPS) is 9.36. The van der Waals surface area contributed by atoms with Crippen molar-refractivity contribution in [1.29, 1.82) is 0 Å². The van der Waals surface area contributed by atoms with Gasteiger partial charge in [-0.3, -0.25) is 0 Å². The van der Waals surface area contributed by atoms with Crippen LogP contribution in [0.15, 0.2) is 12.2 Å². The average molecular weight is 288 g/mol. The predicted molar refractivity (Wildman–Crippen MR) is 46.1 cm³/mol. The summed E-state index contributed by atoms with van der Waals surface area (Å²) in [4.78, 5) is 10.1. The standard InChI is InChI=1S/C7H11O.2ClH.Pd/c1-3-4-5-6-7(2)8;;;/h5-6H,2-4H2,1H3;2*1H;/q-1;;;+2/p-2. The molecule has 0 fully saturated rings. The number of carbonyl (C=O) groups excluding carboxylic acids is 1. The first-order valence-corrected chi connectivity index (χ1v) is 7.04. The van der Waals surface area contributed by atoms with Gasteiger partial charge in [-0.2, -0.15) is 19.1 Å². The van der Waals surface area contributed by atoms with Gasteiger partial charge in [0, 0.05) is 5.78 Å². The number of rotatable bonds is 3. The Labute approximate surface area is 84.2 Å². The van der Waals surface area contributed by atoms with E-state index >= 15 is 0 Å². The van der Waals surface area contributed by atoms with Gasteiger partial charge in [0.1, 0.15) is 0 Å². The molecule has 0 radical (unpaired) electrons. The molecule has 70 valence electrons. The van der Waals surface area contributed by atoms with Crippen molar-refractivity contribution in [2.45, 2.75) is 19.8 Å². The summed E-state index contributed by atoms with van der Waals surface area (Å²) in [7, 11) is 9.63. The van der Waals surface area contributed by atoms with E-state index in [-0.39, 0.29) is 21.7 Å². The van der Waals surface area contributed by atoms with Gasteiger partial charge in [-0.05, 0) is 0 Å². The fourth-order valence-corrected chi connectivity index (χ4v) is 0.381. The van der Waals surface area contributed by atoms with Gasteiger partial charge in [-0.15, -0.1) is 0 Å². The molecule has 0 atom stereocenters. The molecule has 0 saturated carbocycles. The molecule has 0 aliphatic rings. The van der Waals surface area contributed by atoms with E-state index in [9.17, 15) is 4.79 Å². The Kier molecular flexibility index (Phi) is 16.8. The zero-order chi connectivity index (χ0) is 9.11. The minimum atomic E-state index is -0.113. The molecule has 1 nitrogen and oxygen atoms in total. The van der Waals surface area contributed by atoms with E-state index in [1.807, 2.05) is 6.08 Å². The van der Waals surface area contributed by atoms with Gasteiger partial charge in [-0.1, -0.05) is 19.8 Å². The molecule has 0 unspecified atom stereocenters. The molecule has 0 bridgehead atoms. The molecule has 0 aromatic heterocycles. The van der Waals surface area contributed by atoms with Crippen LogP contribution in [0, 0.1) is 6.92 Å². The van der Waals surface area contributed by atoms with Crippen molar-refractivity contribution in [3.63, 3.8) is 0 Å². The summed E-state index contributed by atoms with van der Waals surface area (Å²) in [6, 6.07) is 0. The summed E-state index contributed by atoms with van der Waals surface area (Å²) < 4.78 is 0. The summed E-state index contributed by atoms with van der Waals surface area (Å²) in [5, 5.41) is 0.